The van der Waals surface area contributed by atoms with Crippen LogP contribution in [0, 0.1) is 5.92 Å². The second-order valence-electron chi connectivity index (χ2n) is 4.82. The average Bonchev–Trinajstić information content (AvgIpc) is 2.87. The number of rotatable bonds is 4. The zero-order valence-corrected chi connectivity index (χ0v) is 11.5. The van der Waals surface area contributed by atoms with Crippen molar-refractivity contribution in [1.82, 2.24) is 5.32 Å². The van der Waals surface area contributed by atoms with Gasteiger partial charge in [-0.05, 0) is 24.3 Å². The fourth-order valence-electron chi connectivity index (χ4n) is 2.10. The summed E-state index contributed by atoms with van der Waals surface area (Å²) < 4.78 is 5.09. The maximum Gasteiger partial charge on any atom is 0.311 e. The third kappa shape index (κ3) is 3.79. The van der Waals surface area contributed by atoms with Gasteiger partial charge >= 0.3 is 5.97 Å². The van der Waals surface area contributed by atoms with E-state index in [1.54, 1.807) is 24.3 Å². The summed E-state index contributed by atoms with van der Waals surface area (Å²) in [6.07, 6.45) is 0. The Hall–Kier alpha value is -2.41. The Bertz CT molecular complexity index is 555. The first-order valence-electron chi connectivity index (χ1n) is 6.46. The van der Waals surface area contributed by atoms with E-state index in [9.17, 15) is 14.4 Å². The van der Waals surface area contributed by atoms with Crippen molar-refractivity contribution in [1.29, 1.82) is 0 Å². The van der Waals surface area contributed by atoms with Crippen molar-refractivity contribution < 1.29 is 24.2 Å². The van der Waals surface area contributed by atoms with E-state index in [1.807, 2.05) is 0 Å². The van der Waals surface area contributed by atoms with Crippen molar-refractivity contribution >= 4 is 23.5 Å². The van der Waals surface area contributed by atoms with Gasteiger partial charge in [-0.3, -0.25) is 14.4 Å². The first-order chi connectivity index (χ1) is 9.97. The fourth-order valence-corrected chi connectivity index (χ4v) is 2.10. The summed E-state index contributed by atoms with van der Waals surface area (Å²) in [5.41, 5.74) is 0.979. The van der Waals surface area contributed by atoms with Gasteiger partial charge in [0.25, 0.3) is 5.91 Å². The minimum atomic E-state index is -0.987. The van der Waals surface area contributed by atoms with Crippen molar-refractivity contribution in [3.05, 3.63) is 29.8 Å². The number of hydrogen-bond acceptors (Lipinski definition) is 4. The van der Waals surface area contributed by atoms with E-state index in [0.717, 1.165) is 0 Å². The molecule has 0 aliphatic carbocycles. The van der Waals surface area contributed by atoms with Crippen LogP contribution in [-0.2, 0) is 14.3 Å². The molecule has 0 spiro atoms. The Kier molecular flexibility index (Phi) is 4.54. The Labute approximate surface area is 121 Å². The van der Waals surface area contributed by atoms with Crippen LogP contribution in [0.15, 0.2) is 24.3 Å². The van der Waals surface area contributed by atoms with Crippen LogP contribution in [0.2, 0.25) is 0 Å². The van der Waals surface area contributed by atoms with E-state index >= 15 is 0 Å². The third-order valence-corrected chi connectivity index (χ3v) is 3.18. The molecule has 1 aliphatic heterocycles. The monoisotopic (exact) mass is 292 g/mol. The zero-order valence-electron chi connectivity index (χ0n) is 11.5. The second-order valence-corrected chi connectivity index (χ2v) is 4.82. The van der Waals surface area contributed by atoms with Gasteiger partial charge in [0, 0.05) is 18.2 Å². The standard InChI is InChI=1S/C14H16N2O5/c1-8(17)15-10-4-2-9(3-5-10)13(18)16-12-7-21-6-11(12)14(19)20/h2-5,11-12H,6-7H2,1H3,(H,15,17)(H,16,18)(H,19,20). The molecule has 0 aromatic heterocycles. The van der Waals surface area contributed by atoms with Gasteiger partial charge < -0.3 is 20.5 Å². The van der Waals surface area contributed by atoms with E-state index in [-0.39, 0.29) is 25.0 Å². The molecule has 1 aromatic rings. The molecule has 21 heavy (non-hydrogen) atoms. The maximum absolute atomic E-state index is 12.1. The Morgan fingerprint density at radius 3 is 2.43 bits per heavy atom. The highest BCUT2D eigenvalue weighted by molar-refractivity contribution is 5.96. The lowest BCUT2D eigenvalue weighted by Crippen LogP contribution is -2.42. The topological polar surface area (TPSA) is 105 Å². The number of nitrogens with one attached hydrogen (secondary N) is 2. The highest BCUT2D eigenvalue weighted by Crippen LogP contribution is 2.15. The fraction of sp³-hybridized carbons (Fsp3) is 0.357. The molecular formula is C14H16N2O5. The van der Waals surface area contributed by atoms with Gasteiger partial charge in [-0.25, -0.2) is 0 Å². The van der Waals surface area contributed by atoms with Crippen LogP contribution in [0.5, 0.6) is 0 Å². The van der Waals surface area contributed by atoms with Gasteiger partial charge in [0.2, 0.25) is 5.91 Å². The number of amides is 2. The molecule has 0 radical (unpaired) electrons. The van der Waals surface area contributed by atoms with Crippen LogP contribution < -0.4 is 10.6 Å². The van der Waals surface area contributed by atoms with E-state index in [0.29, 0.717) is 11.3 Å². The normalized spacial score (nSPS) is 20.8. The van der Waals surface area contributed by atoms with E-state index in [4.69, 9.17) is 9.84 Å². The number of carbonyl (C=O) groups excluding carboxylic acids is 2. The van der Waals surface area contributed by atoms with Crippen molar-refractivity contribution in [2.75, 3.05) is 18.5 Å². The quantitative estimate of drug-likeness (QED) is 0.748. The first-order valence-corrected chi connectivity index (χ1v) is 6.46. The predicted molar refractivity (Wildman–Crippen MR) is 73.9 cm³/mol. The first kappa shape index (κ1) is 15.0. The molecule has 2 atom stereocenters. The number of aliphatic carboxylic acids is 1. The summed E-state index contributed by atoms with van der Waals surface area (Å²) in [6.45, 7) is 1.68. The number of ether oxygens (including phenoxy) is 1. The smallest absolute Gasteiger partial charge is 0.311 e. The van der Waals surface area contributed by atoms with E-state index in [2.05, 4.69) is 10.6 Å². The van der Waals surface area contributed by atoms with Crippen molar-refractivity contribution in [2.24, 2.45) is 5.92 Å². The van der Waals surface area contributed by atoms with Crippen molar-refractivity contribution in [3.8, 4) is 0 Å². The Morgan fingerprint density at radius 1 is 1.19 bits per heavy atom. The Morgan fingerprint density at radius 2 is 1.86 bits per heavy atom. The molecule has 2 rings (SSSR count). The third-order valence-electron chi connectivity index (χ3n) is 3.18. The second kappa shape index (κ2) is 6.36. The lowest BCUT2D eigenvalue weighted by molar-refractivity contribution is -0.142. The maximum atomic E-state index is 12.1. The zero-order chi connectivity index (χ0) is 15.4. The van der Waals surface area contributed by atoms with Crippen LogP contribution in [0.1, 0.15) is 17.3 Å². The number of carboxylic acids is 1. The van der Waals surface area contributed by atoms with Gasteiger partial charge in [0.1, 0.15) is 5.92 Å². The highest BCUT2D eigenvalue weighted by Gasteiger charge is 2.35. The van der Waals surface area contributed by atoms with Gasteiger partial charge in [-0.15, -0.1) is 0 Å². The summed E-state index contributed by atoms with van der Waals surface area (Å²) in [4.78, 5) is 34.0. The van der Waals surface area contributed by atoms with Crippen LogP contribution in [0.3, 0.4) is 0 Å². The van der Waals surface area contributed by atoms with Crippen LogP contribution in [0.25, 0.3) is 0 Å². The molecule has 0 bridgehead atoms. The molecule has 7 heteroatoms. The van der Waals surface area contributed by atoms with Crippen LogP contribution >= 0.6 is 0 Å². The minimum Gasteiger partial charge on any atom is -0.481 e. The predicted octanol–water partition coefficient (Wildman–Crippen LogP) is 0.474. The van der Waals surface area contributed by atoms with E-state index < -0.39 is 17.9 Å². The molecule has 1 aliphatic rings. The van der Waals surface area contributed by atoms with Crippen molar-refractivity contribution in [2.45, 2.75) is 13.0 Å². The molecular weight excluding hydrogens is 276 g/mol. The Balaban J connectivity index is 2.00. The molecule has 1 saturated heterocycles. The molecule has 1 aromatic carbocycles. The SMILES string of the molecule is CC(=O)Nc1ccc(C(=O)NC2COCC2C(=O)O)cc1. The lowest BCUT2D eigenvalue weighted by Gasteiger charge is -2.15. The minimum absolute atomic E-state index is 0.0990. The summed E-state index contributed by atoms with van der Waals surface area (Å²) in [7, 11) is 0. The molecule has 2 amide bonds. The average molecular weight is 292 g/mol. The molecule has 2 unspecified atom stereocenters. The number of carbonyl (C=O) groups is 3. The summed E-state index contributed by atoms with van der Waals surface area (Å²) in [5.74, 6) is -2.28. The lowest BCUT2D eigenvalue weighted by atomic mass is 10.0. The number of benzene rings is 1. The van der Waals surface area contributed by atoms with Gasteiger partial charge in [0.05, 0.1) is 19.3 Å². The van der Waals surface area contributed by atoms with Gasteiger partial charge in [-0.1, -0.05) is 0 Å². The number of anilines is 1. The van der Waals surface area contributed by atoms with Gasteiger partial charge in [-0.2, -0.15) is 0 Å². The summed E-state index contributed by atoms with van der Waals surface area (Å²) >= 11 is 0. The molecule has 0 saturated carbocycles. The van der Waals surface area contributed by atoms with Crippen LogP contribution in [0.4, 0.5) is 5.69 Å². The van der Waals surface area contributed by atoms with Crippen molar-refractivity contribution in [3.63, 3.8) is 0 Å². The van der Waals surface area contributed by atoms with Gasteiger partial charge in [0.15, 0.2) is 0 Å². The molecule has 1 fully saturated rings. The molecule has 3 N–H and O–H groups in total. The summed E-state index contributed by atoms with van der Waals surface area (Å²) in [6, 6.07) is 5.80. The number of hydrogen-bond donors (Lipinski definition) is 3. The summed E-state index contributed by atoms with van der Waals surface area (Å²) in [5, 5.41) is 14.3. The highest BCUT2D eigenvalue weighted by atomic mass is 16.5. The largest absolute Gasteiger partial charge is 0.481 e. The molecule has 7 nitrogen and oxygen atoms in total. The molecule has 112 valence electrons. The number of carboxylic acid groups (broad SMARTS) is 1. The van der Waals surface area contributed by atoms with Crippen LogP contribution in [-0.4, -0.2) is 42.1 Å². The molecule has 1 heterocycles. The van der Waals surface area contributed by atoms with E-state index in [1.165, 1.54) is 6.92 Å².